The third kappa shape index (κ3) is 7.77. The van der Waals surface area contributed by atoms with Crippen LogP contribution in [0.25, 0.3) is 10.9 Å². The SMILES string of the molecule is CCC(=Nc1cnn(C2CCN(C(C)C)CC2)c1)c1c(O)[nH]c2ccc(C=O)cc12.CNCCC(=O)N(C)C. The molecule has 39 heavy (non-hydrogen) atoms. The molecule has 3 N–H and O–H groups in total. The molecule has 1 fully saturated rings. The number of aliphatic imine (C=N–C) groups is 1. The maximum Gasteiger partial charge on any atom is 0.223 e. The lowest BCUT2D eigenvalue weighted by atomic mass is 10.0. The van der Waals surface area contributed by atoms with E-state index < -0.39 is 0 Å². The van der Waals surface area contributed by atoms with Crippen LogP contribution in [0.1, 0.15) is 68.4 Å². The van der Waals surface area contributed by atoms with Crippen LogP contribution >= 0.6 is 0 Å². The zero-order valence-corrected chi connectivity index (χ0v) is 24.1. The Hall–Kier alpha value is -3.50. The fourth-order valence-corrected chi connectivity index (χ4v) is 4.74. The van der Waals surface area contributed by atoms with Crippen LogP contribution in [-0.4, -0.2) is 94.4 Å². The number of aromatic hydroxyl groups is 1. The van der Waals surface area contributed by atoms with Crippen molar-refractivity contribution in [2.24, 2.45) is 4.99 Å². The lowest BCUT2D eigenvalue weighted by Crippen LogP contribution is -2.39. The van der Waals surface area contributed by atoms with Crippen molar-refractivity contribution in [2.45, 2.75) is 58.5 Å². The van der Waals surface area contributed by atoms with Crippen molar-refractivity contribution in [1.82, 2.24) is 29.9 Å². The van der Waals surface area contributed by atoms with Crippen LogP contribution in [-0.2, 0) is 4.79 Å². The monoisotopic (exact) mass is 537 g/mol. The molecule has 0 atom stereocenters. The third-order valence-corrected chi connectivity index (χ3v) is 7.11. The second-order valence-electron chi connectivity index (χ2n) is 10.4. The van der Waals surface area contributed by atoms with Gasteiger partial charge in [0.15, 0.2) is 5.88 Å². The van der Waals surface area contributed by atoms with Crippen molar-refractivity contribution >= 4 is 34.5 Å². The zero-order chi connectivity index (χ0) is 28.5. The molecule has 1 aliphatic heterocycles. The number of piperidine rings is 1. The number of likely N-dealkylation sites (tertiary alicyclic amines) is 1. The summed E-state index contributed by atoms with van der Waals surface area (Å²) >= 11 is 0. The van der Waals surface area contributed by atoms with Crippen LogP contribution in [0.3, 0.4) is 0 Å². The molecule has 2 aromatic heterocycles. The summed E-state index contributed by atoms with van der Waals surface area (Å²) in [7, 11) is 5.36. The number of aromatic amines is 1. The summed E-state index contributed by atoms with van der Waals surface area (Å²) in [5, 5.41) is 18.8. The molecule has 0 radical (unpaired) electrons. The number of rotatable bonds is 9. The number of aldehydes is 1. The highest BCUT2D eigenvalue weighted by atomic mass is 16.3. The van der Waals surface area contributed by atoms with E-state index in [2.05, 4.69) is 34.1 Å². The number of aromatic nitrogens is 3. The van der Waals surface area contributed by atoms with Crippen molar-refractivity contribution in [1.29, 1.82) is 0 Å². The van der Waals surface area contributed by atoms with Gasteiger partial charge < -0.3 is 25.2 Å². The number of hydrogen-bond acceptors (Lipinski definition) is 7. The Bertz CT molecular complexity index is 1270. The van der Waals surface area contributed by atoms with E-state index >= 15 is 0 Å². The highest BCUT2D eigenvalue weighted by Gasteiger charge is 2.23. The van der Waals surface area contributed by atoms with E-state index in [1.54, 1.807) is 43.4 Å². The molecule has 10 heteroatoms. The number of amides is 1. The lowest BCUT2D eigenvalue weighted by Gasteiger charge is -2.34. The molecule has 3 aromatic rings. The van der Waals surface area contributed by atoms with Crippen molar-refractivity contribution in [3.8, 4) is 5.88 Å². The fraction of sp³-hybridized carbons (Fsp3) is 0.517. The predicted molar refractivity (Wildman–Crippen MR) is 156 cm³/mol. The highest BCUT2D eigenvalue weighted by Crippen LogP contribution is 2.31. The average molecular weight is 538 g/mol. The van der Waals surface area contributed by atoms with Gasteiger partial charge in [0, 0.05) is 62.7 Å². The van der Waals surface area contributed by atoms with Gasteiger partial charge in [-0.3, -0.25) is 14.3 Å². The lowest BCUT2D eigenvalue weighted by molar-refractivity contribution is -0.128. The molecule has 3 heterocycles. The topological polar surface area (TPSA) is 119 Å². The molecular weight excluding hydrogens is 494 g/mol. The number of nitrogens with one attached hydrogen (secondary N) is 2. The van der Waals surface area contributed by atoms with Gasteiger partial charge in [-0.1, -0.05) is 6.92 Å². The standard InChI is InChI=1S/C23H29N5O2.C6H14N2O/c1-4-20(22-19-11-16(14-29)5-6-21(19)26-23(22)30)25-17-12-24-28(13-17)18-7-9-27(10-8-18)15(2)3;1-7-5-4-6(9)8(2)3/h5-6,11-15,18,26,30H,4,7-10H2,1-3H3;7H,4-5H2,1-3H3. The molecule has 0 unspecified atom stereocenters. The van der Waals surface area contributed by atoms with Crippen LogP contribution < -0.4 is 5.32 Å². The summed E-state index contributed by atoms with van der Waals surface area (Å²) in [4.78, 5) is 33.9. The van der Waals surface area contributed by atoms with Gasteiger partial charge in [-0.05, 0) is 58.4 Å². The van der Waals surface area contributed by atoms with Gasteiger partial charge in [0.25, 0.3) is 0 Å². The second kappa shape index (κ2) is 14.0. The first-order valence-corrected chi connectivity index (χ1v) is 13.7. The van der Waals surface area contributed by atoms with E-state index in [1.165, 1.54) is 0 Å². The Morgan fingerprint density at radius 3 is 2.62 bits per heavy atom. The van der Waals surface area contributed by atoms with E-state index in [-0.39, 0.29) is 11.8 Å². The molecule has 1 aromatic carbocycles. The number of hydrogen-bond donors (Lipinski definition) is 3. The minimum atomic E-state index is 0.0714. The first-order valence-electron chi connectivity index (χ1n) is 13.7. The second-order valence-corrected chi connectivity index (χ2v) is 10.4. The predicted octanol–water partition coefficient (Wildman–Crippen LogP) is 4.14. The minimum Gasteiger partial charge on any atom is -0.494 e. The van der Waals surface area contributed by atoms with E-state index in [4.69, 9.17) is 4.99 Å². The normalized spacial score (nSPS) is 14.9. The van der Waals surface area contributed by atoms with Gasteiger partial charge in [0.1, 0.15) is 12.0 Å². The van der Waals surface area contributed by atoms with E-state index in [1.807, 2.05) is 24.9 Å². The van der Waals surface area contributed by atoms with Gasteiger partial charge in [-0.2, -0.15) is 5.10 Å². The van der Waals surface area contributed by atoms with Crippen LogP contribution in [0.5, 0.6) is 5.88 Å². The molecule has 0 saturated carbocycles. The van der Waals surface area contributed by atoms with Gasteiger partial charge >= 0.3 is 0 Å². The van der Waals surface area contributed by atoms with E-state index in [9.17, 15) is 14.7 Å². The summed E-state index contributed by atoms with van der Waals surface area (Å²) in [6, 6.07) is 6.29. The number of carbonyl (C=O) groups is 2. The summed E-state index contributed by atoms with van der Waals surface area (Å²) in [5.74, 6) is 0.242. The third-order valence-electron chi connectivity index (χ3n) is 7.11. The number of nitrogens with zero attached hydrogens (tertiary/aromatic N) is 5. The molecule has 1 aliphatic rings. The first kappa shape index (κ1) is 30.0. The van der Waals surface area contributed by atoms with Gasteiger partial charge in [-0.25, -0.2) is 4.99 Å². The molecule has 212 valence electrons. The van der Waals surface area contributed by atoms with Crippen molar-refractivity contribution in [3.05, 3.63) is 41.7 Å². The Labute approximate surface area is 231 Å². The fourth-order valence-electron chi connectivity index (χ4n) is 4.74. The molecular formula is C29H43N7O3. The molecule has 0 spiro atoms. The molecule has 0 bridgehead atoms. The maximum atomic E-state index is 11.2. The first-order chi connectivity index (χ1) is 18.7. The average Bonchev–Trinajstić information content (AvgIpc) is 3.53. The molecule has 10 nitrogen and oxygen atoms in total. The van der Waals surface area contributed by atoms with E-state index in [0.717, 1.165) is 61.1 Å². The quantitative estimate of drug-likeness (QED) is 0.279. The van der Waals surface area contributed by atoms with Crippen LogP contribution in [0.2, 0.25) is 0 Å². The van der Waals surface area contributed by atoms with Crippen molar-refractivity contribution < 1.29 is 14.7 Å². The Morgan fingerprint density at radius 2 is 2.03 bits per heavy atom. The van der Waals surface area contributed by atoms with Crippen molar-refractivity contribution in [2.75, 3.05) is 40.8 Å². The van der Waals surface area contributed by atoms with Crippen molar-refractivity contribution in [3.63, 3.8) is 0 Å². The summed E-state index contributed by atoms with van der Waals surface area (Å²) in [6.07, 6.45) is 7.99. The number of H-pyrrole nitrogens is 1. The molecule has 1 amide bonds. The van der Waals surface area contributed by atoms with Crippen LogP contribution in [0.4, 0.5) is 5.69 Å². The zero-order valence-electron chi connectivity index (χ0n) is 24.1. The van der Waals surface area contributed by atoms with Crippen LogP contribution in [0, 0.1) is 0 Å². The Morgan fingerprint density at radius 1 is 1.31 bits per heavy atom. The summed E-state index contributed by atoms with van der Waals surface area (Å²) < 4.78 is 2.03. The highest BCUT2D eigenvalue weighted by molar-refractivity contribution is 6.14. The molecule has 4 rings (SSSR count). The summed E-state index contributed by atoms with van der Waals surface area (Å²) in [5.41, 5.74) is 3.53. The molecule has 1 saturated heterocycles. The van der Waals surface area contributed by atoms with Crippen LogP contribution in [0.15, 0.2) is 35.6 Å². The minimum absolute atomic E-state index is 0.0714. The number of benzene rings is 1. The van der Waals surface area contributed by atoms with Gasteiger partial charge in [0.05, 0.1) is 29.7 Å². The Balaban J connectivity index is 0.000000403. The largest absolute Gasteiger partial charge is 0.494 e. The molecule has 0 aliphatic carbocycles. The number of fused-ring (bicyclic) bond motifs is 1. The smallest absolute Gasteiger partial charge is 0.223 e. The van der Waals surface area contributed by atoms with Gasteiger partial charge in [0.2, 0.25) is 5.91 Å². The maximum absolute atomic E-state index is 11.2. The summed E-state index contributed by atoms with van der Waals surface area (Å²) in [6.45, 7) is 9.42. The number of carbonyl (C=O) groups excluding carboxylic acids is 2. The van der Waals surface area contributed by atoms with Gasteiger partial charge in [-0.15, -0.1) is 0 Å². The van der Waals surface area contributed by atoms with E-state index in [0.29, 0.717) is 36.1 Å². The Kier molecular flexibility index (Phi) is 10.8.